The van der Waals surface area contributed by atoms with Crippen molar-refractivity contribution in [1.82, 2.24) is 20.3 Å². The second kappa shape index (κ2) is 4.61. The molecule has 0 unspecified atom stereocenters. The normalized spacial score (nSPS) is 10.3. The molecule has 0 saturated carbocycles. The van der Waals surface area contributed by atoms with Gasteiger partial charge in [0.05, 0.1) is 6.54 Å². The lowest BCUT2D eigenvalue weighted by Crippen LogP contribution is -2.27. The summed E-state index contributed by atoms with van der Waals surface area (Å²) in [5, 5.41) is 10.4. The second-order valence-corrected chi connectivity index (χ2v) is 3.35. The highest BCUT2D eigenvalue weighted by molar-refractivity contribution is 5.92. The Kier molecular flexibility index (Phi) is 3.00. The van der Waals surface area contributed by atoms with Crippen LogP contribution in [0.5, 0.6) is 0 Å². The van der Waals surface area contributed by atoms with E-state index < -0.39 is 0 Å². The summed E-state index contributed by atoms with van der Waals surface area (Å²) in [6, 6.07) is 3.44. The Morgan fingerprint density at radius 2 is 2.50 bits per heavy atom. The van der Waals surface area contributed by atoms with E-state index in [2.05, 4.69) is 15.6 Å². The van der Waals surface area contributed by atoms with Crippen molar-refractivity contribution in [2.75, 3.05) is 6.54 Å². The molecular weight excluding hydrogens is 208 g/mol. The van der Waals surface area contributed by atoms with Gasteiger partial charge in [0.15, 0.2) is 5.69 Å². The molecule has 0 radical (unpaired) electrons. The average Bonchev–Trinajstić information content (AvgIpc) is 2.89. The van der Waals surface area contributed by atoms with Gasteiger partial charge in [-0.3, -0.25) is 9.48 Å². The number of nitrogens with zero attached hydrogens (tertiary/aromatic N) is 3. The molecule has 6 nitrogen and oxygen atoms in total. The molecular formula is C10H12N4O2. The van der Waals surface area contributed by atoms with Crippen molar-refractivity contribution in [3.05, 3.63) is 36.0 Å². The Labute approximate surface area is 92.2 Å². The van der Waals surface area contributed by atoms with Gasteiger partial charge in [-0.05, 0) is 13.0 Å². The lowest BCUT2D eigenvalue weighted by molar-refractivity contribution is 0.0943. The van der Waals surface area contributed by atoms with Gasteiger partial charge < -0.3 is 9.84 Å². The van der Waals surface area contributed by atoms with Crippen LogP contribution < -0.4 is 5.32 Å². The molecule has 0 atom stereocenters. The predicted octanol–water partition coefficient (Wildman–Crippen LogP) is 0.610. The van der Waals surface area contributed by atoms with Gasteiger partial charge in [0.2, 0.25) is 0 Å². The van der Waals surface area contributed by atoms with Gasteiger partial charge in [-0.15, -0.1) is 0 Å². The summed E-state index contributed by atoms with van der Waals surface area (Å²) in [5.41, 5.74) is 0.304. The third-order valence-corrected chi connectivity index (χ3v) is 2.05. The standard InChI is InChI=1S/C10H12N4O2/c1-8-7-9(13-16-8)10(15)11-4-6-14-5-2-3-12-14/h2-3,5,7H,4,6H2,1H3,(H,11,15). The van der Waals surface area contributed by atoms with Crippen LogP contribution in [-0.2, 0) is 6.54 Å². The van der Waals surface area contributed by atoms with E-state index in [1.165, 1.54) is 0 Å². The fraction of sp³-hybridized carbons (Fsp3) is 0.300. The van der Waals surface area contributed by atoms with Gasteiger partial charge in [0.25, 0.3) is 5.91 Å². The molecule has 0 spiro atoms. The van der Waals surface area contributed by atoms with E-state index in [1.807, 2.05) is 12.3 Å². The molecule has 0 fully saturated rings. The zero-order chi connectivity index (χ0) is 11.4. The molecule has 0 aliphatic rings. The van der Waals surface area contributed by atoms with Gasteiger partial charge in [-0.25, -0.2) is 0 Å². The number of aromatic nitrogens is 3. The first-order valence-electron chi connectivity index (χ1n) is 4.94. The maximum Gasteiger partial charge on any atom is 0.273 e. The number of rotatable bonds is 4. The van der Waals surface area contributed by atoms with E-state index in [-0.39, 0.29) is 5.91 Å². The van der Waals surface area contributed by atoms with Gasteiger partial charge in [-0.2, -0.15) is 5.10 Å². The predicted molar refractivity (Wildman–Crippen MR) is 55.8 cm³/mol. The van der Waals surface area contributed by atoms with Crippen LogP contribution in [-0.4, -0.2) is 27.4 Å². The van der Waals surface area contributed by atoms with Crippen LogP contribution in [0.4, 0.5) is 0 Å². The maximum absolute atomic E-state index is 11.5. The van der Waals surface area contributed by atoms with Gasteiger partial charge in [0, 0.05) is 25.0 Å². The Morgan fingerprint density at radius 1 is 1.62 bits per heavy atom. The molecule has 0 bridgehead atoms. The van der Waals surface area contributed by atoms with Crippen LogP contribution in [0.1, 0.15) is 16.2 Å². The summed E-state index contributed by atoms with van der Waals surface area (Å²) in [6.07, 6.45) is 3.54. The number of carbonyl (C=O) groups excluding carboxylic acids is 1. The third-order valence-electron chi connectivity index (χ3n) is 2.05. The number of hydrogen-bond acceptors (Lipinski definition) is 4. The summed E-state index contributed by atoms with van der Waals surface area (Å²) in [5.74, 6) is 0.390. The Morgan fingerprint density at radius 3 is 3.12 bits per heavy atom. The van der Waals surface area contributed by atoms with Crippen LogP contribution >= 0.6 is 0 Å². The SMILES string of the molecule is Cc1cc(C(=O)NCCn2cccn2)no1. The van der Waals surface area contributed by atoms with Gasteiger partial charge in [-0.1, -0.05) is 5.16 Å². The minimum Gasteiger partial charge on any atom is -0.361 e. The summed E-state index contributed by atoms with van der Waals surface area (Å²) >= 11 is 0. The van der Waals surface area contributed by atoms with Crippen molar-refractivity contribution >= 4 is 5.91 Å². The quantitative estimate of drug-likeness (QED) is 0.819. The average molecular weight is 220 g/mol. The molecule has 0 saturated heterocycles. The van der Waals surface area contributed by atoms with E-state index in [9.17, 15) is 4.79 Å². The van der Waals surface area contributed by atoms with Crippen LogP contribution in [0.15, 0.2) is 29.0 Å². The molecule has 2 aromatic rings. The minimum absolute atomic E-state index is 0.232. The van der Waals surface area contributed by atoms with Crippen LogP contribution in [0.25, 0.3) is 0 Å². The van der Waals surface area contributed by atoms with Crippen LogP contribution in [0.2, 0.25) is 0 Å². The molecule has 0 aromatic carbocycles. The first kappa shape index (κ1) is 10.4. The summed E-state index contributed by atoms with van der Waals surface area (Å²) < 4.78 is 6.55. The number of aryl methyl sites for hydroxylation is 1. The lowest BCUT2D eigenvalue weighted by Gasteiger charge is -2.02. The smallest absolute Gasteiger partial charge is 0.273 e. The Bertz CT molecular complexity index is 461. The summed E-state index contributed by atoms with van der Waals surface area (Å²) in [4.78, 5) is 11.5. The highest BCUT2D eigenvalue weighted by Gasteiger charge is 2.09. The Balaban J connectivity index is 1.80. The van der Waals surface area contributed by atoms with E-state index >= 15 is 0 Å². The van der Waals surface area contributed by atoms with Crippen molar-refractivity contribution in [3.8, 4) is 0 Å². The zero-order valence-electron chi connectivity index (χ0n) is 8.88. The van der Waals surface area contributed by atoms with Gasteiger partial charge >= 0.3 is 0 Å². The second-order valence-electron chi connectivity index (χ2n) is 3.35. The Hall–Kier alpha value is -2.11. The molecule has 0 aliphatic heterocycles. The number of nitrogens with one attached hydrogen (secondary N) is 1. The van der Waals surface area contributed by atoms with Crippen molar-refractivity contribution in [2.45, 2.75) is 13.5 Å². The molecule has 6 heteroatoms. The molecule has 1 amide bonds. The van der Waals surface area contributed by atoms with E-state index in [0.717, 1.165) is 0 Å². The van der Waals surface area contributed by atoms with E-state index in [4.69, 9.17) is 4.52 Å². The van der Waals surface area contributed by atoms with E-state index in [1.54, 1.807) is 23.9 Å². The maximum atomic E-state index is 11.5. The van der Waals surface area contributed by atoms with Crippen molar-refractivity contribution < 1.29 is 9.32 Å². The molecule has 16 heavy (non-hydrogen) atoms. The summed E-state index contributed by atoms with van der Waals surface area (Å²) in [6.45, 7) is 2.88. The zero-order valence-corrected chi connectivity index (χ0v) is 8.88. The van der Waals surface area contributed by atoms with Crippen molar-refractivity contribution in [1.29, 1.82) is 0 Å². The monoisotopic (exact) mass is 220 g/mol. The lowest BCUT2D eigenvalue weighted by atomic mass is 10.3. The molecule has 84 valence electrons. The largest absolute Gasteiger partial charge is 0.361 e. The third kappa shape index (κ3) is 2.47. The number of hydrogen-bond donors (Lipinski definition) is 1. The highest BCUT2D eigenvalue weighted by Crippen LogP contribution is 2.00. The fourth-order valence-corrected chi connectivity index (χ4v) is 1.28. The molecule has 1 N–H and O–H groups in total. The molecule has 2 heterocycles. The first-order chi connectivity index (χ1) is 7.75. The van der Waals surface area contributed by atoms with E-state index in [0.29, 0.717) is 24.5 Å². The molecule has 2 aromatic heterocycles. The van der Waals surface area contributed by atoms with Crippen molar-refractivity contribution in [3.63, 3.8) is 0 Å². The molecule has 2 rings (SSSR count). The molecule has 0 aliphatic carbocycles. The highest BCUT2D eigenvalue weighted by atomic mass is 16.5. The van der Waals surface area contributed by atoms with Crippen LogP contribution in [0, 0.1) is 6.92 Å². The fourth-order valence-electron chi connectivity index (χ4n) is 1.28. The van der Waals surface area contributed by atoms with Crippen molar-refractivity contribution in [2.24, 2.45) is 0 Å². The van der Waals surface area contributed by atoms with Gasteiger partial charge in [0.1, 0.15) is 5.76 Å². The topological polar surface area (TPSA) is 73.0 Å². The van der Waals surface area contributed by atoms with Crippen LogP contribution in [0.3, 0.4) is 0 Å². The number of carbonyl (C=O) groups is 1. The summed E-state index contributed by atoms with van der Waals surface area (Å²) in [7, 11) is 0. The minimum atomic E-state index is -0.232. The first-order valence-corrected chi connectivity index (χ1v) is 4.94. The number of amides is 1.